The van der Waals surface area contributed by atoms with E-state index in [4.69, 9.17) is 0 Å². The van der Waals surface area contributed by atoms with Crippen LogP contribution in [0.25, 0.3) is 0 Å². The maximum absolute atomic E-state index is 13.1. The average molecular weight is 540 g/mol. The standard InChI is InChI=1S/C34H53NO4/c1-7-8-9-10-13-31(37)33(4,5)32(38)19-14-23(2)27-17-18-28-26(12-11-20-34(27,28)6)16-15-25-21-29(35-39)24(3)30(36)22-25/h14-16,19,23-24,27-30,36H,7-13,17-18,20-22H2,1-6H3/b19-14+,25-15-,26-16+/t23-,24?,27-,28+,29-,30?,34-/m1/s1. The second-order valence-corrected chi connectivity index (χ2v) is 13.6. The van der Waals surface area contributed by atoms with Crippen molar-refractivity contribution < 1.29 is 14.7 Å². The smallest absolute Gasteiger partial charge is 0.168 e. The molecule has 0 heterocycles. The summed E-state index contributed by atoms with van der Waals surface area (Å²) in [6, 6.07) is -0.345. The molecule has 0 bridgehead atoms. The van der Waals surface area contributed by atoms with Gasteiger partial charge in [0.2, 0.25) is 0 Å². The third kappa shape index (κ3) is 7.26. The number of aliphatic hydroxyl groups excluding tert-OH is 1. The number of aliphatic hydroxyl groups is 1. The number of hydrogen-bond acceptors (Lipinski definition) is 5. The summed E-state index contributed by atoms with van der Waals surface area (Å²) in [6.45, 7) is 12.3. The Bertz CT molecular complexity index is 976. The van der Waals surface area contributed by atoms with Crippen molar-refractivity contribution in [3.05, 3.63) is 40.4 Å². The number of Topliss-reactive ketones (excluding diaryl/α,β-unsaturated/α-hetero) is 1. The Balaban J connectivity index is 1.66. The molecule has 5 nitrogen and oxygen atoms in total. The van der Waals surface area contributed by atoms with Crippen molar-refractivity contribution in [2.24, 2.45) is 39.7 Å². The Morgan fingerprint density at radius 3 is 2.59 bits per heavy atom. The highest BCUT2D eigenvalue weighted by molar-refractivity contribution is 6.10. The van der Waals surface area contributed by atoms with Gasteiger partial charge in [-0.3, -0.25) is 9.59 Å². The molecule has 218 valence electrons. The molecule has 0 amide bonds. The van der Waals surface area contributed by atoms with Gasteiger partial charge in [0.25, 0.3) is 0 Å². The second-order valence-electron chi connectivity index (χ2n) is 13.6. The molecule has 0 saturated heterocycles. The molecule has 0 aromatic carbocycles. The fourth-order valence-electron chi connectivity index (χ4n) is 7.63. The van der Waals surface area contributed by atoms with Gasteiger partial charge in [0.1, 0.15) is 11.8 Å². The summed E-state index contributed by atoms with van der Waals surface area (Å²) in [5.74, 6) is 1.19. The summed E-state index contributed by atoms with van der Waals surface area (Å²) in [6.07, 6.45) is 19.4. The summed E-state index contributed by atoms with van der Waals surface area (Å²) >= 11 is 0. The van der Waals surface area contributed by atoms with E-state index in [0.717, 1.165) is 56.9 Å². The number of ketones is 2. The third-order valence-corrected chi connectivity index (χ3v) is 10.6. The second kappa shape index (κ2) is 13.7. The fraction of sp³-hybridized carbons (Fsp3) is 0.765. The SMILES string of the molecule is CCCCCCC(=O)C(C)(C)C(=O)/C=C/[C@@H](C)[C@H]1CC[C@H]2/C(=C/C=C3\CC(O)C(C)[C@H](N=O)C3)CCC[C@]12C. The van der Waals surface area contributed by atoms with Crippen LogP contribution in [-0.4, -0.2) is 28.8 Å². The normalized spacial score (nSPS) is 34.4. The minimum Gasteiger partial charge on any atom is -0.392 e. The molecule has 3 fully saturated rings. The fourth-order valence-corrected chi connectivity index (χ4v) is 7.63. The molecule has 39 heavy (non-hydrogen) atoms. The highest BCUT2D eigenvalue weighted by atomic mass is 16.3. The van der Waals surface area contributed by atoms with Crippen LogP contribution in [0.5, 0.6) is 0 Å². The molecular weight excluding hydrogens is 486 g/mol. The first-order valence-corrected chi connectivity index (χ1v) is 15.6. The quantitative estimate of drug-likeness (QED) is 0.117. The van der Waals surface area contributed by atoms with Crippen molar-refractivity contribution in [3.8, 4) is 0 Å². The van der Waals surface area contributed by atoms with Gasteiger partial charge >= 0.3 is 0 Å². The van der Waals surface area contributed by atoms with Crippen LogP contribution in [0.2, 0.25) is 0 Å². The first-order chi connectivity index (χ1) is 18.4. The molecule has 7 atom stereocenters. The number of fused-ring (bicyclic) bond motifs is 1. The summed E-state index contributed by atoms with van der Waals surface area (Å²) < 4.78 is 0. The summed E-state index contributed by atoms with van der Waals surface area (Å²) in [5.41, 5.74) is 1.84. The lowest BCUT2D eigenvalue weighted by molar-refractivity contribution is -0.136. The first-order valence-electron chi connectivity index (χ1n) is 15.6. The Morgan fingerprint density at radius 1 is 1.15 bits per heavy atom. The van der Waals surface area contributed by atoms with Crippen molar-refractivity contribution in [3.63, 3.8) is 0 Å². The molecule has 0 radical (unpaired) electrons. The van der Waals surface area contributed by atoms with E-state index in [2.05, 4.69) is 44.2 Å². The highest BCUT2D eigenvalue weighted by Crippen LogP contribution is 2.59. The monoisotopic (exact) mass is 539 g/mol. The maximum Gasteiger partial charge on any atom is 0.168 e. The zero-order valence-corrected chi connectivity index (χ0v) is 25.4. The predicted octanol–water partition coefficient (Wildman–Crippen LogP) is 8.31. The van der Waals surface area contributed by atoms with Crippen molar-refractivity contribution in [2.75, 3.05) is 0 Å². The largest absolute Gasteiger partial charge is 0.392 e. The summed E-state index contributed by atoms with van der Waals surface area (Å²) in [5, 5.41) is 13.7. The summed E-state index contributed by atoms with van der Waals surface area (Å²) in [7, 11) is 0. The van der Waals surface area contributed by atoms with Gasteiger partial charge in [0.15, 0.2) is 5.78 Å². The molecule has 1 N–H and O–H groups in total. The van der Waals surface area contributed by atoms with Crippen LogP contribution in [0.3, 0.4) is 0 Å². The number of carbonyl (C=O) groups is 2. The van der Waals surface area contributed by atoms with Crippen LogP contribution in [0.1, 0.15) is 119 Å². The van der Waals surface area contributed by atoms with Gasteiger partial charge < -0.3 is 5.11 Å². The van der Waals surface area contributed by atoms with Crippen LogP contribution < -0.4 is 0 Å². The number of unbranched alkanes of at least 4 members (excludes halogenated alkanes) is 3. The van der Waals surface area contributed by atoms with Crippen LogP contribution in [0.15, 0.2) is 40.6 Å². The number of allylic oxidation sites excluding steroid dienone is 5. The highest BCUT2D eigenvalue weighted by Gasteiger charge is 2.50. The lowest BCUT2D eigenvalue weighted by Crippen LogP contribution is -2.36. The van der Waals surface area contributed by atoms with Crippen molar-refractivity contribution >= 4 is 11.6 Å². The van der Waals surface area contributed by atoms with Gasteiger partial charge in [-0.05, 0) is 94.5 Å². The molecule has 0 aliphatic heterocycles. The lowest BCUT2D eigenvalue weighted by atomic mass is 9.61. The molecule has 3 saturated carbocycles. The van der Waals surface area contributed by atoms with Crippen LogP contribution in [0.4, 0.5) is 0 Å². The van der Waals surface area contributed by atoms with Gasteiger partial charge in [0.05, 0.1) is 11.5 Å². The molecule has 0 aromatic rings. The van der Waals surface area contributed by atoms with Crippen molar-refractivity contribution in [1.82, 2.24) is 0 Å². The van der Waals surface area contributed by atoms with E-state index in [1.54, 1.807) is 19.9 Å². The minimum absolute atomic E-state index is 0.0557. The van der Waals surface area contributed by atoms with Crippen molar-refractivity contribution in [2.45, 2.75) is 131 Å². The van der Waals surface area contributed by atoms with E-state index >= 15 is 0 Å². The number of nitroso groups, excluding NO2 is 1. The molecule has 0 aromatic heterocycles. The van der Waals surface area contributed by atoms with Crippen LogP contribution >= 0.6 is 0 Å². The van der Waals surface area contributed by atoms with E-state index in [0.29, 0.717) is 31.1 Å². The molecule has 3 aliphatic carbocycles. The van der Waals surface area contributed by atoms with Gasteiger partial charge in [-0.25, -0.2) is 0 Å². The van der Waals surface area contributed by atoms with Crippen molar-refractivity contribution in [1.29, 1.82) is 0 Å². The number of carbonyl (C=O) groups excluding carboxylic acids is 2. The Morgan fingerprint density at radius 2 is 1.90 bits per heavy atom. The van der Waals surface area contributed by atoms with E-state index in [1.165, 1.54) is 12.0 Å². The zero-order valence-electron chi connectivity index (χ0n) is 25.4. The molecule has 0 spiro atoms. The third-order valence-electron chi connectivity index (χ3n) is 10.6. The van der Waals surface area contributed by atoms with E-state index in [-0.39, 0.29) is 34.9 Å². The van der Waals surface area contributed by atoms with Gasteiger partial charge in [0, 0.05) is 12.3 Å². The van der Waals surface area contributed by atoms with E-state index in [9.17, 15) is 19.6 Å². The Labute approximate surface area is 237 Å². The molecule has 3 aliphatic rings. The Hall–Kier alpha value is -1.88. The minimum atomic E-state index is -0.957. The van der Waals surface area contributed by atoms with Gasteiger partial charge in [-0.2, -0.15) is 4.91 Å². The van der Waals surface area contributed by atoms with Gasteiger partial charge in [-0.15, -0.1) is 0 Å². The zero-order chi connectivity index (χ0) is 28.8. The van der Waals surface area contributed by atoms with E-state index in [1.807, 2.05) is 6.92 Å². The topological polar surface area (TPSA) is 83.8 Å². The number of rotatable bonds is 12. The molecular formula is C34H53NO4. The molecule has 5 heteroatoms. The molecule has 3 rings (SSSR count). The average Bonchev–Trinajstić information content (AvgIpc) is 3.27. The Kier molecular flexibility index (Phi) is 11.1. The number of nitrogens with zero attached hydrogens (tertiary/aromatic N) is 1. The first kappa shape index (κ1) is 31.6. The van der Waals surface area contributed by atoms with Crippen LogP contribution in [-0.2, 0) is 9.59 Å². The van der Waals surface area contributed by atoms with E-state index < -0.39 is 11.5 Å². The summed E-state index contributed by atoms with van der Waals surface area (Å²) in [4.78, 5) is 37.1. The number of hydrogen-bond donors (Lipinski definition) is 1. The molecule has 2 unspecified atom stereocenters. The van der Waals surface area contributed by atoms with Gasteiger partial charge in [-0.1, -0.05) is 81.5 Å². The lowest BCUT2D eigenvalue weighted by Gasteiger charge is -2.44. The van der Waals surface area contributed by atoms with Crippen LogP contribution in [0, 0.1) is 39.4 Å². The maximum atomic E-state index is 13.1. The predicted molar refractivity (Wildman–Crippen MR) is 159 cm³/mol.